The Morgan fingerprint density at radius 2 is 2.05 bits per heavy atom. The van der Waals surface area contributed by atoms with E-state index < -0.39 is 41.6 Å². The molecule has 8 nitrogen and oxygen atoms in total. The van der Waals surface area contributed by atoms with Crippen molar-refractivity contribution in [1.29, 1.82) is 0 Å². The molecule has 0 aromatic heterocycles. The van der Waals surface area contributed by atoms with E-state index in [9.17, 15) is 19.5 Å². The largest absolute Gasteiger partial charge is 0.466 e. The van der Waals surface area contributed by atoms with Gasteiger partial charge in [0.05, 0.1) is 37.2 Å². The van der Waals surface area contributed by atoms with Crippen LogP contribution >= 0.6 is 0 Å². The second-order valence-electron chi connectivity index (χ2n) is 10.5. The van der Waals surface area contributed by atoms with Crippen molar-refractivity contribution in [1.82, 2.24) is 9.80 Å². The number of hydrogen-bond donors (Lipinski definition) is 1. The fourth-order valence-corrected chi connectivity index (χ4v) is 6.76. The van der Waals surface area contributed by atoms with Crippen LogP contribution in [0.15, 0.2) is 43.0 Å². The molecule has 0 saturated carbocycles. The lowest BCUT2D eigenvalue weighted by atomic mass is 9.70. The summed E-state index contributed by atoms with van der Waals surface area (Å²) in [5, 5.41) is 10.5. The fourth-order valence-electron chi connectivity index (χ4n) is 6.76. The van der Waals surface area contributed by atoms with Gasteiger partial charge in [-0.2, -0.15) is 0 Å². The number of hydrogen-bond acceptors (Lipinski definition) is 6. The van der Waals surface area contributed by atoms with Crippen LogP contribution in [0.4, 0.5) is 0 Å². The van der Waals surface area contributed by atoms with Gasteiger partial charge in [-0.1, -0.05) is 49.8 Å². The average molecular weight is 513 g/mol. The van der Waals surface area contributed by atoms with E-state index >= 15 is 0 Å². The SMILES string of the molecule is C=CCN(C(=O)C1N([C@@H](CO)Cc2ccccc2)C(=O)[C@@H]2[C@H](C(=O)OCC)[C@@H]3CCC12O3)C(C)CCC. The van der Waals surface area contributed by atoms with Gasteiger partial charge >= 0.3 is 5.97 Å². The topological polar surface area (TPSA) is 96.4 Å². The van der Waals surface area contributed by atoms with E-state index in [1.54, 1.807) is 22.8 Å². The third kappa shape index (κ3) is 4.70. The number of rotatable bonds is 12. The first-order valence-corrected chi connectivity index (χ1v) is 13.6. The third-order valence-corrected chi connectivity index (χ3v) is 8.30. The van der Waals surface area contributed by atoms with Crippen LogP contribution < -0.4 is 0 Å². The predicted molar refractivity (Wildman–Crippen MR) is 138 cm³/mol. The van der Waals surface area contributed by atoms with Gasteiger partial charge in [-0.3, -0.25) is 14.4 Å². The van der Waals surface area contributed by atoms with Crippen molar-refractivity contribution in [2.75, 3.05) is 19.8 Å². The molecule has 8 heteroatoms. The zero-order valence-corrected chi connectivity index (χ0v) is 22.2. The molecule has 3 unspecified atom stereocenters. The van der Waals surface area contributed by atoms with E-state index in [4.69, 9.17) is 9.47 Å². The summed E-state index contributed by atoms with van der Waals surface area (Å²) in [5.41, 5.74) is -0.171. The van der Waals surface area contributed by atoms with Crippen LogP contribution in [0, 0.1) is 11.8 Å². The molecule has 2 bridgehead atoms. The molecule has 1 N–H and O–H groups in total. The van der Waals surface area contributed by atoms with Crippen molar-refractivity contribution >= 4 is 17.8 Å². The number of fused-ring (bicyclic) bond motifs is 1. The van der Waals surface area contributed by atoms with Crippen LogP contribution in [-0.2, 0) is 30.3 Å². The summed E-state index contributed by atoms with van der Waals surface area (Å²) >= 11 is 0. The van der Waals surface area contributed by atoms with Crippen molar-refractivity contribution in [3.05, 3.63) is 48.6 Å². The van der Waals surface area contributed by atoms with Crippen LogP contribution in [0.3, 0.4) is 0 Å². The monoisotopic (exact) mass is 512 g/mol. The normalized spacial score (nSPS) is 29.6. The maximum Gasteiger partial charge on any atom is 0.312 e. The van der Waals surface area contributed by atoms with E-state index in [0.717, 1.165) is 18.4 Å². The summed E-state index contributed by atoms with van der Waals surface area (Å²) in [5.74, 6) is -2.54. The molecule has 3 fully saturated rings. The Bertz CT molecular complexity index is 999. The summed E-state index contributed by atoms with van der Waals surface area (Å²) in [6, 6.07) is 7.97. The number of carbonyl (C=O) groups excluding carboxylic acids is 3. The minimum Gasteiger partial charge on any atom is -0.466 e. The molecule has 0 aliphatic carbocycles. The molecule has 202 valence electrons. The first-order chi connectivity index (χ1) is 17.8. The Hall–Kier alpha value is -2.71. The minimum atomic E-state index is -1.12. The van der Waals surface area contributed by atoms with Crippen LogP contribution in [-0.4, -0.2) is 82.3 Å². The molecule has 1 spiro atoms. The van der Waals surface area contributed by atoms with E-state index in [0.29, 0.717) is 25.8 Å². The highest BCUT2D eigenvalue weighted by atomic mass is 16.6. The number of esters is 1. The first kappa shape index (κ1) is 27.3. The van der Waals surface area contributed by atoms with E-state index in [-0.39, 0.29) is 31.1 Å². The molecule has 4 rings (SSSR count). The van der Waals surface area contributed by atoms with Crippen LogP contribution in [0.2, 0.25) is 0 Å². The Morgan fingerprint density at radius 1 is 1.32 bits per heavy atom. The third-order valence-electron chi connectivity index (χ3n) is 8.30. The number of ether oxygens (including phenoxy) is 2. The molecule has 37 heavy (non-hydrogen) atoms. The molecule has 1 aromatic carbocycles. The number of nitrogens with zero attached hydrogens (tertiary/aromatic N) is 2. The lowest BCUT2D eigenvalue weighted by molar-refractivity contribution is -0.156. The Kier molecular flexibility index (Phi) is 8.39. The molecule has 3 aliphatic heterocycles. The molecule has 0 radical (unpaired) electrons. The second kappa shape index (κ2) is 11.4. The number of carbonyl (C=O) groups is 3. The maximum absolute atomic E-state index is 14.4. The van der Waals surface area contributed by atoms with Gasteiger partial charge in [0, 0.05) is 12.6 Å². The lowest BCUT2D eigenvalue weighted by Crippen LogP contribution is -2.60. The van der Waals surface area contributed by atoms with Crippen molar-refractivity contribution in [3.8, 4) is 0 Å². The minimum absolute atomic E-state index is 0.0657. The molecular formula is C29H40N2O6. The lowest BCUT2D eigenvalue weighted by Gasteiger charge is -2.41. The van der Waals surface area contributed by atoms with Crippen LogP contribution in [0.5, 0.6) is 0 Å². The van der Waals surface area contributed by atoms with Crippen molar-refractivity contribution in [3.63, 3.8) is 0 Å². The first-order valence-electron chi connectivity index (χ1n) is 13.6. The summed E-state index contributed by atoms with van der Waals surface area (Å²) < 4.78 is 11.8. The quantitative estimate of drug-likeness (QED) is 0.342. The molecule has 3 heterocycles. The van der Waals surface area contributed by atoms with Crippen molar-refractivity contribution < 1.29 is 29.0 Å². The number of aliphatic hydroxyl groups is 1. The van der Waals surface area contributed by atoms with Gasteiger partial charge < -0.3 is 24.4 Å². The van der Waals surface area contributed by atoms with Crippen LogP contribution in [0.25, 0.3) is 0 Å². The summed E-state index contributed by atoms with van der Waals surface area (Å²) in [6.07, 6.45) is 4.42. The van der Waals surface area contributed by atoms with Gasteiger partial charge in [-0.15, -0.1) is 6.58 Å². The maximum atomic E-state index is 14.4. The standard InChI is InChI=1S/C29H40N2O6/c1-5-11-19(4)30(16-6-2)27(34)25-29-15-14-22(37-29)23(28(35)36-7-3)24(29)26(33)31(25)21(18-32)17-20-12-9-8-10-13-20/h6,8-10,12-13,19,21-25,32H,2,5,7,11,14-18H2,1,3-4H3/t19?,21-,22+,23-,24+,25?,29?/m1/s1. The van der Waals surface area contributed by atoms with Gasteiger partial charge in [-0.05, 0) is 45.1 Å². The number of aliphatic hydroxyl groups excluding tert-OH is 1. The molecule has 3 aliphatic rings. The number of likely N-dealkylation sites (tertiary alicyclic amines) is 1. The highest BCUT2D eigenvalue weighted by molar-refractivity contribution is 5.98. The molecule has 1 aromatic rings. The van der Waals surface area contributed by atoms with E-state index in [1.807, 2.05) is 37.3 Å². The van der Waals surface area contributed by atoms with Crippen molar-refractivity contribution in [2.45, 2.75) is 82.7 Å². The highest BCUT2D eigenvalue weighted by Gasteiger charge is 2.75. The molecule has 3 saturated heterocycles. The Labute approximate surface area is 219 Å². The average Bonchev–Trinajstić information content (AvgIpc) is 3.54. The van der Waals surface area contributed by atoms with Gasteiger partial charge in [-0.25, -0.2) is 0 Å². The van der Waals surface area contributed by atoms with Crippen LogP contribution in [0.1, 0.15) is 52.0 Å². The highest BCUT2D eigenvalue weighted by Crippen LogP contribution is 2.59. The number of amides is 2. The zero-order chi connectivity index (χ0) is 26.7. The Morgan fingerprint density at radius 3 is 2.68 bits per heavy atom. The zero-order valence-electron chi connectivity index (χ0n) is 22.2. The Balaban J connectivity index is 1.78. The molecular weight excluding hydrogens is 472 g/mol. The summed E-state index contributed by atoms with van der Waals surface area (Å²) in [4.78, 5) is 45.0. The van der Waals surface area contributed by atoms with Gasteiger partial charge in [0.25, 0.3) is 0 Å². The molecule has 7 atom stereocenters. The van der Waals surface area contributed by atoms with Gasteiger partial charge in [0.15, 0.2) is 0 Å². The molecule has 2 amide bonds. The van der Waals surface area contributed by atoms with E-state index in [2.05, 4.69) is 13.5 Å². The fraction of sp³-hybridized carbons (Fsp3) is 0.621. The van der Waals surface area contributed by atoms with E-state index in [1.165, 1.54) is 0 Å². The summed E-state index contributed by atoms with van der Waals surface area (Å²) in [6.45, 7) is 9.90. The second-order valence-corrected chi connectivity index (χ2v) is 10.5. The predicted octanol–water partition coefficient (Wildman–Crippen LogP) is 2.73. The summed E-state index contributed by atoms with van der Waals surface area (Å²) in [7, 11) is 0. The smallest absolute Gasteiger partial charge is 0.312 e. The number of benzene rings is 1. The van der Waals surface area contributed by atoms with Crippen molar-refractivity contribution in [2.24, 2.45) is 11.8 Å². The van der Waals surface area contributed by atoms with Gasteiger partial charge in [0.2, 0.25) is 11.8 Å². The van der Waals surface area contributed by atoms with Gasteiger partial charge in [0.1, 0.15) is 11.6 Å².